The van der Waals surface area contributed by atoms with Gasteiger partial charge in [-0.15, -0.1) is 0 Å². The van der Waals surface area contributed by atoms with Crippen LogP contribution in [0.1, 0.15) is 50.3 Å². The number of azide groups is 1. The smallest absolute Gasteiger partial charge is 0.234 e. The fraction of sp³-hybridized carbons (Fsp3) is 0.562. The molecule has 2 atom stereocenters. The van der Waals surface area contributed by atoms with E-state index in [2.05, 4.69) is 28.3 Å². The maximum Gasteiger partial charge on any atom is 0.234 e. The lowest BCUT2D eigenvalue weighted by molar-refractivity contribution is -0.119. The van der Waals surface area contributed by atoms with Crippen molar-refractivity contribution in [1.82, 2.24) is 0 Å². The molecule has 6 nitrogen and oxygen atoms in total. The van der Waals surface area contributed by atoms with Crippen LogP contribution < -0.4 is 10.1 Å². The summed E-state index contributed by atoms with van der Waals surface area (Å²) in [4.78, 5) is 15.1. The normalized spacial score (nSPS) is 27.5. The predicted molar refractivity (Wildman–Crippen MR) is 84.3 cm³/mol. The molecule has 6 heteroatoms. The third-order valence-electron chi connectivity index (χ3n) is 5.10. The molecule has 1 aromatic carbocycles. The zero-order valence-corrected chi connectivity index (χ0v) is 13.5. The molecule has 0 saturated carbocycles. The summed E-state index contributed by atoms with van der Waals surface area (Å²) < 4.78 is 6.23. The molecular weight excluding hydrogens is 280 g/mol. The molecule has 116 valence electrons. The van der Waals surface area contributed by atoms with E-state index in [1.807, 2.05) is 27.7 Å². The third-order valence-corrected chi connectivity index (χ3v) is 5.10. The number of rotatable bonds is 2. The van der Waals surface area contributed by atoms with Gasteiger partial charge < -0.3 is 10.1 Å². The number of benzene rings is 1. The van der Waals surface area contributed by atoms with Gasteiger partial charge in [-0.2, -0.15) is 0 Å². The van der Waals surface area contributed by atoms with E-state index in [1.54, 1.807) is 0 Å². The number of carbonyl (C=O) groups is 1. The van der Waals surface area contributed by atoms with Crippen molar-refractivity contribution in [1.29, 1.82) is 0 Å². The Labute approximate surface area is 129 Å². The van der Waals surface area contributed by atoms with Crippen LogP contribution in [0.5, 0.6) is 5.75 Å². The zero-order valence-electron chi connectivity index (χ0n) is 13.5. The molecule has 1 amide bonds. The summed E-state index contributed by atoms with van der Waals surface area (Å²) in [7, 11) is 0. The molecule has 0 bridgehead atoms. The first-order valence-corrected chi connectivity index (χ1v) is 7.41. The van der Waals surface area contributed by atoms with Crippen LogP contribution in [0, 0.1) is 6.92 Å². The van der Waals surface area contributed by atoms with Gasteiger partial charge in [0.05, 0.1) is 17.6 Å². The van der Waals surface area contributed by atoms with Gasteiger partial charge in [-0.25, -0.2) is 0 Å². The summed E-state index contributed by atoms with van der Waals surface area (Å²) in [6.07, 6.45) is 0. The molecule has 2 aliphatic heterocycles. The van der Waals surface area contributed by atoms with E-state index in [1.165, 1.54) is 0 Å². The number of hydrogen-bond acceptors (Lipinski definition) is 3. The zero-order chi connectivity index (χ0) is 16.3. The minimum atomic E-state index is -0.630. The highest BCUT2D eigenvalue weighted by molar-refractivity contribution is 6.07. The average molecular weight is 300 g/mol. The molecule has 0 radical (unpaired) electrons. The highest BCUT2D eigenvalue weighted by Gasteiger charge is 2.49. The Morgan fingerprint density at radius 1 is 1.45 bits per heavy atom. The lowest BCUT2D eigenvalue weighted by Gasteiger charge is -2.27. The van der Waals surface area contributed by atoms with Crippen molar-refractivity contribution in [3.05, 3.63) is 33.2 Å². The van der Waals surface area contributed by atoms with E-state index in [9.17, 15) is 4.79 Å². The van der Waals surface area contributed by atoms with Gasteiger partial charge in [0.2, 0.25) is 5.91 Å². The molecule has 3 rings (SSSR count). The number of nitrogens with one attached hydrogen (secondary N) is 1. The Hall–Kier alpha value is -2.20. The molecule has 2 unspecified atom stereocenters. The fourth-order valence-electron chi connectivity index (χ4n) is 3.39. The van der Waals surface area contributed by atoms with E-state index < -0.39 is 11.0 Å². The molecule has 0 saturated heterocycles. The first-order valence-electron chi connectivity index (χ1n) is 7.41. The second-order valence-corrected chi connectivity index (χ2v) is 6.97. The minimum Gasteiger partial charge on any atom is -0.486 e. The van der Waals surface area contributed by atoms with Gasteiger partial charge in [-0.3, -0.25) is 4.79 Å². The Morgan fingerprint density at radius 2 is 2.14 bits per heavy atom. The number of fused-ring (bicyclic) bond motifs is 3. The highest BCUT2D eigenvalue weighted by Crippen LogP contribution is 2.54. The van der Waals surface area contributed by atoms with Crippen LogP contribution in [-0.2, 0) is 10.2 Å². The molecule has 22 heavy (non-hydrogen) atoms. The molecule has 1 aromatic rings. The van der Waals surface area contributed by atoms with Crippen molar-refractivity contribution < 1.29 is 9.53 Å². The monoisotopic (exact) mass is 300 g/mol. The molecule has 0 fully saturated rings. The number of nitrogens with zero attached hydrogens (tertiary/aromatic N) is 3. The lowest BCUT2D eigenvalue weighted by atomic mass is 9.81. The van der Waals surface area contributed by atoms with Crippen molar-refractivity contribution in [3.63, 3.8) is 0 Å². The van der Waals surface area contributed by atoms with Gasteiger partial charge in [0.25, 0.3) is 0 Å². The highest BCUT2D eigenvalue weighted by atomic mass is 16.5. The maximum atomic E-state index is 12.3. The Kier molecular flexibility index (Phi) is 2.94. The summed E-state index contributed by atoms with van der Waals surface area (Å²) in [6.45, 7) is 10.1. The largest absolute Gasteiger partial charge is 0.486 e. The number of amides is 1. The van der Waals surface area contributed by atoms with Crippen LogP contribution >= 0.6 is 0 Å². The van der Waals surface area contributed by atoms with Crippen molar-refractivity contribution in [2.24, 2.45) is 5.11 Å². The summed E-state index contributed by atoms with van der Waals surface area (Å²) in [5, 5.41) is 6.67. The van der Waals surface area contributed by atoms with E-state index in [0.717, 1.165) is 28.1 Å². The van der Waals surface area contributed by atoms with Gasteiger partial charge in [0, 0.05) is 22.0 Å². The van der Waals surface area contributed by atoms with Gasteiger partial charge in [0.15, 0.2) is 0 Å². The Balaban J connectivity index is 2.20. The first kappa shape index (κ1) is 14.7. The van der Waals surface area contributed by atoms with Crippen LogP contribution in [0.2, 0.25) is 0 Å². The molecule has 2 heterocycles. The average Bonchev–Trinajstić information content (AvgIpc) is 2.83. The number of anilines is 1. The summed E-state index contributed by atoms with van der Waals surface area (Å²) >= 11 is 0. The predicted octanol–water partition coefficient (Wildman–Crippen LogP) is 3.79. The molecule has 0 spiro atoms. The fourth-order valence-corrected chi connectivity index (χ4v) is 3.39. The number of aryl methyl sites for hydroxylation is 1. The SMILES string of the molecule is Cc1cc2c(c3c1NC(=O)C3(C)C)OC(C)(CN=[N+]=[N-])C2C. The van der Waals surface area contributed by atoms with Crippen LogP contribution in [-0.4, -0.2) is 18.1 Å². The van der Waals surface area contributed by atoms with E-state index in [4.69, 9.17) is 10.3 Å². The summed E-state index contributed by atoms with van der Waals surface area (Å²) in [5.41, 5.74) is 11.3. The van der Waals surface area contributed by atoms with E-state index in [0.29, 0.717) is 0 Å². The maximum absolute atomic E-state index is 12.3. The molecule has 2 aliphatic rings. The van der Waals surface area contributed by atoms with E-state index >= 15 is 0 Å². The number of carbonyl (C=O) groups excluding carboxylic acids is 1. The summed E-state index contributed by atoms with van der Waals surface area (Å²) in [6, 6.07) is 2.07. The van der Waals surface area contributed by atoms with Crippen LogP contribution in [0.3, 0.4) is 0 Å². The van der Waals surface area contributed by atoms with E-state index in [-0.39, 0.29) is 18.4 Å². The van der Waals surface area contributed by atoms with Gasteiger partial charge in [-0.1, -0.05) is 12.0 Å². The van der Waals surface area contributed by atoms with Gasteiger partial charge >= 0.3 is 0 Å². The van der Waals surface area contributed by atoms with Crippen LogP contribution in [0.4, 0.5) is 5.69 Å². The molecule has 0 aromatic heterocycles. The molecular formula is C16H20N4O2. The first-order chi connectivity index (χ1) is 10.2. The van der Waals surface area contributed by atoms with Gasteiger partial charge in [0.1, 0.15) is 11.4 Å². The van der Waals surface area contributed by atoms with Gasteiger partial charge in [-0.05, 0) is 44.9 Å². The van der Waals surface area contributed by atoms with Crippen molar-refractivity contribution >= 4 is 11.6 Å². The van der Waals surface area contributed by atoms with Crippen molar-refractivity contribution in [2.75, 3.05) is 11.9 Å². The topological polar surface area (TPSA) is 87.1 Å². The second-order valence-electron chi connectivity index (χ2n) is 6.97. The Morgan fingerprint density at radius 3 is 2.77 bits per heavy atom. The quantitative estimate of drug-likeness (QED) is 0.511. The second kappa shape index (κ2) is 4.40. The lowest BCUT2D eigenvalue weighted by Crippen LogP contribution is -2.36. The minimum absolute atomic E-state index is 0.0149. The molecule has 1 N–H and O–H groups in total. The van der Waals surface area contributed by atoms with Crippen molar-refractivity contribution in [2.45, 2.75) is 51.6 Å². The standard InChI is InChI=1S/C16H20N4O2/c1-8-6-10-9(2)16(5,7-18-20-17)22-13(10)11-12(8)19-14(21)15(11,3)4/h6,9H,7H2,1-5H3,(H,19,21). The number of hydrogen-bond donors (Lipinski definition) is 1. The van der Waals surface area contributed by atoms with Crippen molar-refractivity contribution in [3.8, 4) is 5.75 Å². The number of ether oxygens (including phenoxy) is 1. The Bertz CT molecular complexity index is 734. The summed E-state index contributed by atoms with van der Waals surface area (Å²) in [5.74, 6) is 0.842. The van der Waals surface area contributed by atoms with Crippen LogP contribution in [0.25, 0.3) is 10.4 Å². The third kappa shape index (κ3) is 1.74. The van der Waals surface area contributed by atoms with Crippen LogP contribution in [0.15, 0.2) is 11.2 Å². The molecule has 0 aliphatic carbocycles.